The maximum Gasteiger partial charge on any atom is 0.238 e. The Morgan fingerprint density at radius 2 is 1.85 bits per heavy atom. The summed E-state index contributed by atoms with van der Waals surface area (Å²) in [6.07, 6.45) is 1.84. The van der Waals surface area contributed by atoms with Crippen LogP contribution in [0.2, 0.25) is 5.02 Å². The van der Waals surface area contributed by atoms with Crippen molar-refractivity contribution in [1.29, 1.82) is 0 Å². The van der Waals surface area contributed by atoms with E-state index in [9.17, 15) is 9.59 Å². The molecule has 1 heterocycles. The molecule has 0 aromatic heterocycles. The molecule has 0 bridgehead atoms. The molecule has 0 radical (unpaired) electrons. The summed E-state index contributed by atoms with van der Waals surface area (Å²) in [6, 6.07) is 20.0. The number of benzene rings is 3. The number of halogens is 2. The molecule has 3 N–H and O–H groups in total. The van der Waals surface area contributed by atoms with Crippen molar-refractivity contribution < 1.29 is 9.59 Å². The fraction of sp³-hybridized carbons (Fsp3) is 0.308. The molecule has 5 nitrogen and oxygen atoms in total. The van der Waals surface area contributed by atoms with Gasteiger partial charge in [-0.2, -0.15) is 0 Å². The standard InChI is InChI=1S/C26H28ClN3O2.ClH/c1-26(29-2,25(28)32)21-13-11-18-8-4-6-10-23(18)30(24(21)31)16-15-20-19-9-5-3-7-17(19)12-14-22(20)27;/h3-10,12,14,21,29H,11,13,15-16H2,1-2H3,(H2,28,32);1H/t21-,26?;/m1./s1. The second-order valence-electron chi connectivity index (χ2n) is 8.52. The number of rotatable bonds is 6. The summed E-state index contributed by atoms with van der Waals surface area (Å²) in [5, 5.41) is 5.91. The minimum absolute atomic E-state index is 0. The molecule has 7 heteroatoms. The van der Waals surface area contributed by atoms with Crippen LogP contribution in [-0.2, 0) is 22.4 Å². The number of hydrogen-bond acceptors (Lipinski definition) is 3. The highest BCUT2D eigenvalue weighted by Gasteiger charge is 2.45. The third-order valence-electron chi connectivity index (χ3n) is 6.85. The van der Waals surface area contributed by atoms with Crippen molar-refractivity contribution in [2.24, 2.45) is 11.7 Å². The lowest BCUT2D eigenvalue weighted by molar-refractivity contribution is -0.134. The van der Waals surface area contributed by atoms with Gasteiger partial charge in [0, 0.05) is 17.3 Å². The van der Waals surface area contributed by atoms with Crippen LogP contribution in [0.3, 0.4) is 0 Å². The maximum atomic E-state index is 13.8. The Hall–Kier alpha value is -2.60. The molecule has 0 spiro atoms. The summed E-state index contributed by atoms with van der Waals surface area (Å²) in [7, 11) is 1.68. The Morgan fingerprint density at radius 1 is 1.15 bits per heavy atom. The summed E-state index contributed by atoms with van der Waals surface area (Å²) in [6.45, 7) is 2.17. The Balaban J connectivity index is 0.00000306. The fourth-order valence-corrected chi connectivity index (χ4v) is 5.00. The predicted octanol–water partition coefficient (Wildman–Crippen LogP) is 4.52. The van der Waals surface area contributed by atoms with Crippen molar-refractivity contribution in [2.75, 3.05) is 18.5 Å². The summed E-state index contributed by atoms with van der Waals surface area (Å²) in [4.78, 5) is 28.0. The van der Waals surface area contributed by atoms with Crippen molar-refractivity contribution >= 4 is 52.3 Å². The number of primary amides is 1. The van der Waals surface area contributed by atoms with Gasteiger partial charge in [-0.15, -0.1) is 12.4 Å². The van der Waals surface area contributed by atoms with Gasteiger partial charge < -0.3 is 16.0 Å². The van der Waals surface area contributed by atoms with Crippen LogP contribution in [-0.4, -0.2) is 30.9 Å². The Labute approximate surface area is 205 Å². The monoisotopic (exact) mass is 485 g/mol. The van der Waals surface area contributed by atoms with Gasteiger partial charge in [0.05, 0.1) is 5.92 Å². The zero-order valence-corrected chi connectivity index (χ0v) is 20.4. The second kappa shape index (κ2) is 10.1. The highest BCUT2D eigenvalue weighted by Crippen LogP contribution is 2.35. The maximum absolute atomic E-state index is 13.8. The summed E-state index contributed by atoms with van der Waals surface area (Å²) in [5.74, 6) is -1.19. The summed E-state index contributed by atoms with van der Waals surface area (Å²) >= 11 is 6.58. The number of amides is 2. The Kier molecular flexibility index (Phi) is 7.68. The van der Waals surface area contributed by atoms with Crippen molar-refractivity contribution in [2.45, 2.75) is 31.7 Å². The lowest BCUT2D eigenvalue weighted by Gasteiger charge is -2.35. The van der Waals surface area contributed by atoms with Gasteiger partial charge in [0.2, 0.25) is 11.8 Å². The number of nitrogens with two attached hydrogens (primary N) is 1. The van der Waals surface area contributed by atoms with Crippen LogP contribution in [0, 0.1) is 5.92 Å². The van der Waals surface area contributed by atoms with Gasteiger partial charge in [-0.05, 0) is 67.3 Å². The minimum Gasteiger partial charge on any atom is -0.368 e. The molecular formula is C26H29Cl2N3O2. The number of likely N-dealkylation sites (N-methyl/N-ethyl adjacent to an activating group) is 1. The van der Waals surface area contributed by atoms with E-state index in [1.54, 1.807) is 14.0 Å². The van der Waals surface area contributed by atoms with Crippen LogP contribution in [0.5, 0.6) is 0 Å². The van der Waals surface area contributed by atoms with Crippen LogP contribution in [0.25, 0.3) is 10.8 Å². The SMILES string of the molecule is CNC(C)(C(N)=O)[C@@H]1CCc2ccccc2N(CCc2c(Cl)ccc3ccccc23)C1=O.Cl. The van der Waals surface area contributed by atoms with Crippen LogP contribution < -0.4 is 16.0 Å². The van der Waals surface area contributed by atoms with Gasteiger partial charge in [0.15, 0.2) is 0 Å². The normalized spacial score (nSPS) is 17.6. The lowest BCUT2D eigenvalue weighted by Crippen LogP contribution is -2.61. The first-order chi connectivity index (χ1) is 15.4. The molecule has 0 aliphatic carbocycles. The van der Waals surface area contributed by atoms with Crippen LogP contribution in [0.1, 0.15) is 24.5 Å². The van der Waals surface area contributed by atoms with E-state index >= 15 is 0 Å². The highest BCUT2D eigenvalue weighted by atomic mass is 35.5. The fourth-order valence-electron chi connectivity index (χ4n) is 4.74. The number of nitrogens with one attached hydrogen (secondary N) is 1. The molecule has 3 aromatic rings. The first-order valence-electron chi connectivity index (χ1n) is 10.9. The minimum atomic E-state index is -1.13. The first-order valence-corrected chi connectivity index (χ1v) is 11.3. The van der Waals surface area contributed by atoms with Gasteiger partial charge >= 0.3 is 0 Å². The Bertz CT molecular complexity index is 1180. The third-order valence-corrected chi connectivity index (χ3v) is 7.20. The highest BCUT2D eigenvalue weighted by molar-refractivity contribution is 6.32. The first kappa shape index (κ1) is 25.0. The molecule has 3 aromatic carbocycles. The molecule has 1 aliphatic heterocycles. The van der Waals surface area contributed by atoms with Crippen LogP contribution in [0.4, 0.5) is 5.69 Å². The largest absolute Gasteiger partial charge is 0.368 e. The molecule has 4 rings (SSSR count). The van der Waals surface area contributed by atoms with Gasteiger partial charge in [0.1, 0.15) is 5.54 Å². The van der Waals surface area contributed by atoms with E-state index in [2.05, 4.69) is 17.4 Å². The van der Waals surface area contributed by atoms with Crippen molar-refractivity contribution in [3.05, 3.63) is 76.8 Å². The van der Waals surface area contributed by atoms with Gasteiger partial charge in [-0.25, -0.2) is 0 Å². The van der Waals surface area contributed by atoms with E-state index < -0.39 is 17.4 Å². The van der Waals surface area contributed by atoms with E-state index in [4.69, 9.17) is 17.3 Å². The van der Waals surface area contributed by atoms with Gasteiger partial charge in [0.25, 0.3) is 0 Å². The van der Waals surface area contributed by atoms with E-state index in [1.807, 2.05) is 53.4 Å². The van der Waals surface area contributed by atoms with Crippen molar-refractivity contribution in [3.8, 4) is 0 Å². The number of fused-ring (bicyclic) bond motifs is 2. The number of para-hydroxylation sites is 1. The molecule has 2 atom stereocenters. The molecule has 33 heavy (non-hydrogen) atoms. The number of carbonyl (C=O) groups is 2. The van der Waals surface area contributed by atoms with Crippen LogP contribution in [0.15, 0.2) is 60.7 Å². The zero-order chi connectivity index (χ0) is 22.9. The smallest absolute Gasteiger partial charge is 0.238 e. The molecule has 1 unspecified atom stereocenters. The molecule has 2 amide bonds. The lowest BCUT2D eigenvalue weighted by atomic mass is 9.80. The van der Waals surface area contributed by atoms with Crippen molar-refractivity contribution in [1.82, 2.24) is 5.32 Å². The number of aryl methyl sites for hydroxylation is 1. The zero-order valence-electron chi connectivity index (χ0n) is 18.8. The van der Waals surface area contributed by atoms with E-state index in [0.29, 0.717) is 30.8 Å². The topological polar surface area (TPSA) is 75.4 Å². The quantitative estimate of drug-likeness (QED) is 0.538. The number of anilines is 1. The number of hydrogen-bond donors (Lipinski definition) is 2. The average Bonchev–Trinajstić information content (AvgIpc) is 2.94. The summed E-state index contributed by atoms with van der Waals surface area (Å²) in [5.41, 5.74) is 7.60. The molecule has 0 saturated carbocycles. The van der Waals surface area contributed by atoms with Crippen molar-refractivity contribution in [3.63, 3.8) is 0 Å². The predicted molar refractivity (Wildman–Crippen MR) is 137 cm³/mol. The van der Waals surface area contributed by atoms with Crippen LogP contribution >= 0.6 is 24.0 Å². The van der Waals surface area contributed by atoms with Gasteiger partial charge in [-0.1, -0.05) is 60.1 Å². The summed E-state index contributed by atoms with van der Waals surface area (Å²) < 4.78 is 0. The molecule has 0 saturated heterocycles. The van der Waals surface area contributed by atoms with E-state index in [1.165, 1.54) is 0 Å². The van der Waals surface area contributed by atoms with E-state index in [-0.39, 0.29) is 18.3 Å². The molecule has 1 aliphatic rings. The molecular weight excluding hydrogens is 457 g/mol. The second-order valence-corrected chi connectivity index (χ2v) is 8.93. The molecule has 0 fully saturated rings. The average molecular weight is 486 g/mol. The van der Waals surface area contributed by atoms with E-state index in [0.717, 1.165) is 27.6 Å². The Morgan fingerprint density at radius 3 is 2.58 bits per heavy atom. The third kappa shape index (κ3) is 4.58. The number of nitrogens with zero attached hydrogens (tertiary/aromatic N) is 1. The van der Waals surface area contributed by atoms with Gasteiger partial charge in [-0.3, -0.25) is 9.59 Å². The molecule has 174 valence electrons. The number of carbonyl (C=O) groups excluding carboxylic acids is 2.